The van der Waals surface area contributed by atoms with E-state index < -0.39 is 21.6 Å². The minimum Gasteiger partial charge on any atom is -0.252 e. The van der Waals surface area contributed by atoms with Crippen molar-refractivity contribution >= 4 is 10.0 Å². The van der Waals surface area contributed by atoms with E-state index in [1.54, 1.807) is 18.2 Å². The second-order valence-corrected chi connectivity index (χ2v) is 8.02. The molecule has 0 bridgehead atoms. The Morgan fingerprint density at radius 3 is 2.62 bits per heavy atom. The number of nitrogens with zero attached hydrogens (tertiary/aromatic N) is 4. The van der Waals surface area contributed by atoms with Crippen LogP contribution in [0.3, 0.4) is 0 Å². The van der Waals surface area contributed by atoms with Crippen molar-refractivity contribution in [2.45, 2.75) is 18.9 Å². The molecule has 9 heteroatoms. The maximum atomic E-state index is 14.4. The van der Waals surface area contributed by atoms with Crippen LogP contribution in [0.1, 0.15) is 17.7 Å². The summed E-state index contributed by atoms with van der Waals surface area (Å²) in [6, 6.07) is 7.46. The number of aromatic nitrogens is 3. The molecule has 24 heavy (non-hydrogen) atoms. The largest absolute Gasteiger partial charge is 0.318 e. The Balaban J connectivity index is 1.71. The molecule has 1 aliphatic rings. The van der Waals surface area contributed by atoms with E-state index >= 15 is 0 Å². The molecule has 1 atom stereocenters. The van der Waals surface area contributed by atoms with Crippen LogP contribution in [0.2, 0.25) is 0 Å². The lowest BCUT2D eigenvalue weighted by atomic mass is 10.1. The van der Waals surface area contributed by atoms with Gasteiger partial charge in [0.15, 0.2) is 5.69 Å². The smallest absolute Gasteiger partial charge is 0.252 e. The second-order valence-electron chi connectivity index (χ2n) is 6.04. The van der Waals surface area contributed by atoms with Gasteiger partial charge in [-0.25, -0.2) is 12.7 Å². The average Bonchev–Trinajstić information content (AvgIpc) is 3.18. The highest BCUT2D eigenvalue weighted by Gasteiger charge is 2.37. The minimum atomic E-state index is -3.21. The Bertz CT molecular complexity index is 808. The summed E-state index contributed by atoms with van der Waals surface area (Å²) < 4.78 is 54.7. The molecule has 0 amide bonds. The van der Waals surface area contributed by atoms with Gasteiger partial charge in [0.25, 0.3) is 0 Å². The maximum absolute atomic E-state index is 14.4. The topological polar surface area (TPSA) is 68.1 Å². The molecule has 1 aromatic carbocycles. The fraction of sp³-hybridized carbons (Fsp3) is 0.467. The zero-order valence-corrected chi connectivity index (χ0v) is 14.0. The van der Waals surface area contributed by atoms with Crippen LogP contribution in [0.25, 0.3) is 0 Å². The maximum Gasteiger partial charge on any atom is 0.318 e. The monoisotopic (exact) mass is 356 g/mol. The van der Waals surface area contributed by atoms with Gasteiger partial charge >= 0.3 is 5.92 Å². The van der Waals surface area contributed by atoms with Crippen LogP contribution in [0.15, 0.2) is 36.5 Å². The number of sulfonamides is 1. The van der Waals surface area contributed by atoms with Gasteiger partial charge in [-0.05, 0) is 12.3 Å². The number of benzene rings is 1. The molecule has 1 saturated heterocycles. The van der Waals surface area contributed by atoms with Crippen molar-refractivity contribution in [3.63, 3.8) is 0 Å². The summed E-state index contributed by atoms with van der Waals surface area (Å²) in [4.78, 5) is 0. The van der Waals surface area contributed by atoms with E-state index in [1.807, 2.05) is 0 Å². The molecule has 1 aliphatic heterocycles. The van der Waals surface area contributed by atoms with E-state index in [9.17, 15) is 17.2 Å². The van der Waals surface area contributed by atoms with Crippen molar-refractivity contribution < 1.29 is 17.2 Å². The Morgan fingerprint density at radius 1 is 1.29 bits per heavy atom. The van der Waals surface area contributed by atoms with Gasteiger partial charge in [-0.2, -0.15) is 8.78 Å². The molecule has 0 aliphatic carbocycles. The lowest BCUT2D eigenvalue weighted by Gasteiger charge is -2.14. The van der Waals surface area contributed by atoms with Crippen LogP contribution in [-0.4, -0.2) is 47.1 Å². The standard InChI is InChI=1S/C15H18F2N4O2S/c1-24(22,23)21-8-7-12(10-21)9-20-11-14(18-19-20)15(16,17)13-5-3-2-4-6-13/h2-6,11-12H,7-10H2,1H3. The quantitative estimate of drug-likeness (QED) is 0.818. The number of alkyl halides is 2. The minimum absolute atomic E-state index is 0.0413. The highest BCUT2D eigenvalue weighted by Crippen LogP contribution is 2.34. The Kier molecular flexibility index (Phi) is 4.39. The molecule has 0 N–H and O–H groups in total. The average molecular weight is 356 g/mol. The molecule has 2 aromatic rings. The van der Waals surface area contributed by atoms with Gasteiger partial charge in [-0.15, -0.1) is 5.10 Å². The molecule has 1 fully saturated rings. The van der Waals surface area contributed by atoms with E-state index in [-0.39, 0.29) is 11.5 Å². The fourth-order valence-corrected chi connectivity index (χ4v) is 3.76. The van der Waals surface area contributed by atoms with Gasteiger partial charge in [-0.1, -0.05) is 35.5 Å². The van der Waals surface area contributed by atoms with Crippen LogP contribution < -0.4 is 0 Å². The summed E-state index contributed by atoms with van der Waals surface area (Å²) in [7, 11) is -3.21. The van der Waals surface area contributed by atoms with Crippen LogP contribution in [0.5, 0.6) is 0 Å². The zero-order valence-electron chi connectivity index (χ0n) is 13.1. The molecule has 3 rings (SSSR count). The summed E-state index contributed by atoms with van der Waals surface area (Å²) in [6.07, 6.45) is 3.08. The molecule has 0 saturated carbocycles. The molecule has 130 valence electrons. The van der Waals surface area contributed by atoms with Crippen LogP contribution >= 0.6 is 0 Å². The van der Waals surface area contributed by atoms with E-state index in [0.29, 0.717) is 26.1 Å². The Morgan fingerprint density at radius 2 is 2.00 bits per heavy atom. The third-order valence-electron chi connectivity index (χ3n) is 4.16. The number of rotatable bonds is 5. The Labute approximate surface area is 139 Å². The molecule has 2 heterocycles. The predicted molar refractivity (Wildman–Crippen MR) is 84.0 cm³/mol. The normalized spacial score (nSPS) is 19.7. The van der Waals surface area contributed by atoms with E-state index in [4.69, 9.17) is 0 Å². The number of halogens is 2. The first kappa shape index (κ1) is 17.0. The third-order valence-corrected chi connectivity index (χ3v) is 5.43. The van der Waals surface area contributed by atoms with Gasteiger partial charge in [0.1, 0.15) is 0 Å². The summed E-state index contributed by atoms with van der Waals surface area (Å²) >= 11 is 0. The van der Waals surface area contributed by atoms with Crippen molar-refractivity contribution in [1.29, 1.82) is 0 Å². The van der Waals surface area contributed by atoms with E-state index in [2.05, 4.69) is 10.3 Å². The Hall–Kier alpha value is -1.87. The molecule has 0 spiro atoms. The summed E-state index contributed by atoms with van der Waals surface area (Å²) in [5.74, 6) is -3.17. The number of hydrogen-bond acceptors (Lipinski definition) is 4. The first-order valence-corrected chi connectivity index (χ1v) is 9.41. The first-order chi connectivity index (χ1) is 11.3. The second kappa shape index (κ2) is 6.21. The highest BCUT2D eigenvalue weighted by molar-refractivity contribution is 7.88. The van der Waals surface area contributed by atoms with Crippen molar-refractivity contribution in [3.8, 4) is 0 Å². The van der Waals surface area contributed by atoms with E-state index in [1.165, 1.54) is 33.6 Å². The molecular weight excluding hydrogens is 338 g/mol. The van der Waals surface area contributed by atoms with Crippen molar-refractivity contribution in [3.05, 3.63) is 47.8 Å². The lowest BCUT2D eigenvalue weighted by molar-refractivity contribution is 0.0378. The van der Waals surface area contributed by atoms with Crippen LogP contribution in [0, 0.1) is 5.92 Å². The molecule has 0 radical (unpaired) electrons. The highest BCUT2D eigenvalue weighted by atomic mass is 32.2. The van der Waals surface area contributed by atoms with Gasteiger partial charge < -0.3 is 0 Å². The molecule has 1 unspecified atom stereocenters. The zero-order chi connectivity index (χ0) is 17.4. The van der Waals surface area contributed by atoms with E-state index in [0.717, 1.165) is 0 Å². The summed E-state index contributed by atoms with van der Waals surface area (Å²) in [6.45, 7) is 1.19. The molecule has 1 aromatic heterocycles. The summed E-state index contributed by atoms with van der Waals surface area (Å²) in [5.41, 5.74) is -0.548. The van der Waals surface area contributed by atoms with Crippen LogP contribution in [-0.2, 0) is 22.5 Å². The van der Waals surface area contributed by atoms with Gasteiger partial charge in [-0.3, -0.25) is 4.68 Å². The fourth-order valence-electron chi connectivity index (χ4n) is 2.84. The number of hydrogen-bond donors (Lipinski definition) is 0. The summed E-state index contributed by atoms with van der Waals surface area (Å²) in [5, 5.41) is 7.38. The molecule has 6 nitrogen and oxygen atoms in total. The van der Waals surface area contributed by atoms with Gasteiger partial charge in [0, 0.05) is 25.2 Å². The first-order valence-electron chi connectivity index (χ1n) is 7.56. The third kappa shape index (κ3) is 3.46. The predicted octanol–water partition coefficient (Wildman–Crippen LogP) is 1.70. The van der Waals surface area contributed by atoms with Crippen molar-refractivity contribution in [1.82, 2.24) is 19.3 Å². The lowest BCUT2D eigenvalue weighted by Crippen LogP contribution is -2.28. The van der Waals surface area contributed by atoms with Gasteiger partial charge in [0.05, 0.1) is 12.5 Å². The molecular formula is C15H18F2N4O2S. The van der Waals surface area contributed by atoms with Crippen molar-refractivity contribution in [2.75, 3.05) is 19.3 Å². The SMILES string of the molecule is CS(=O)(=O)N1CCC(Cn2cc(C(F)(F)c3ccccc3)nn2)C1. The van der Waals surface area contributed by atoms with Crippen LogP contribution in [0.4, 0.5) is 8.78 Å². The van der Waals surface area contributed by atoms with Gasteiger partial charge in [0.2, 0.25) is 10.0 Å². The van der Waals surface area contributed by atoms with Crippen molar-refractivity contribution in [2.24, 2.45) is 5.92 Å².